The average molecular weight is 301 g/mol. The lowest BCUT2D eigenvalue weighted by Crippen LogP contribution is -2.11. The van der Waals surface area contributed by atoms with Gasteiger partial charge in [0, 0.05) is 5.56 Å². The summed E-state index contributed by atoms with van der Waals surface area (Å²) in [6.07, 6.45) is 0. The summed E-state index contributed by atoms with van der Waals surface area (Å²) >= 11 is 0. The third-order valence-electron chi connectivity index (χ3n) is 2.74. The summed E-state index contributed by atoms with van der Waals surface area (Å²) in [4.78, 5) is 11.2. The van der Waals surface area contributed by atoms with Crippen molar-refractivity contribution >= 4 is 15.9 Å². The average Bonchev–Trinajstić information content (AvgIpc) is 2.47. The zero-order valence-electron chi connectivity index (χ0n) is 11.1. The van der Waals surface area contributed by atoms with E-state index in [0.29, 0.717) is 0 Å². The molecule has 2 aromatic rings. The van der Waals surface area contributed by atoms with Crippen LogP contribution in [0.3, 0.4) is 0 Å². The molecule has 0 N–H and O–H groups in total. The van der Waals surface area contributed by atoms with Crippen LogP contribution in [0.5, 0.6) is 5.75 Å². The van der Waals surface area contributed by atoms with Crippen LogP contribution in [-0.2, 0) is 10.1 Å². The Bertz CT molecular complexity index is 835. The van der Waals surface area contributed by atoms with Crippen LogP contribution in [0.2, 0.25) is 0 Å². The molecule has 0 spiro atoms. The van der Waals surface area contributed by atoms with Crippen molar-refractivity contribution in [1.29, 1.82) is 5.26 Å². The van der Waals surface area contributed by atoms with E-state index < -0.39 is 10.1 Å². The molecule has 0 unspecified atom stereocenters. The van der Waals surface area contributed by atoms with Gasteiger partial charge < -0.3 is 4.18 Å². The van der Waals surface area contributed by atoms with Gasteiger partial charge in [0.15, 0.2) is 11.5 Å². The Kier molecular flexibility index (Phi) is 4.05. The number of rotatable bonds is 4. The van der Waals surface area contributed by atoms with Crippen molar-refractivity contribution in [3.05, 3.63) is 59.7 Å². The highest BCUT2D eigenvalue weighted by Gasteiger charge is 2.19. The molecule has 5 nitrogen and oxygen atoms in total. The first kappa shape index (κ1) is 14.8. The maximum atomic E-state index is 12.2. The van der Waals surface area contributed by atoms with E-state index in [1.165, 1.54) is 43.3 Å². The molecule has 2 rings (SSSR count). The molecule has 0 fully saturated rings. The number of carbonyl (C=O) groups excluding carboxylic acids is 1. The lowest BCUT2D eigenvalue weighted by molar-refractivity contribution is 0.101. The number of carbonyl (C=O) groups is 1. The maximum absolute atomic E-state index is 12.2. The number of nitriles is 1. The Morgan fingerprint density at radius 3 is 2.52 bits per heavy atom. The smallest absolute Gasteiger partial charge is 0.339 e. The second kappa shape index (κ2) is 5.77. The van der Waals surface area contributed by atoms with E-state index in [0.717, 1.165) is 0 Å². The lowest BCUT2D eigenvalue weighted by atomic mass is 10.2. The molecule has 0 heterocycles. The summed E-state index contributed by atoms with van der Waals surface area (Å²) in [5, 5.41) is 8.93. The number of ketones is 1. The van der Waals surface area contributed by atoms with Crippen LogP contribution in [-0.4, -0.2) is 14.2 Å². The SMILES string of the molecule is CC(=O)c1cccc(S(=O)(=O)Oc2ccccc2C#N)c1. The van der Waals surface area contributed by atoms with Crippen molar-refractivity contribution in [2.24, 2.45) is 0 Å². The quantitative estimate of drug-likeness (QED) is 0.640. The summed E-state index contributed by atoms with van der Waals surface area (Å²) < 4.78 is 29.4. The van der Waals surface area contributed by atoms with Crippen LogP contribution in [0.4, 0.5) is 0 Å². The molecule has 0 saturated carbocycles. The Hall–Kier alpha value is -2.65. The largest absolute Gasteiger partial charge is 0.378 e. The minimum Gasteiger partial charge on any atom is -0.378 e. The number of hydrogen-bond acceptors (Lipinski definition) is 5. The molecule has 0 bridgehead atoms. The van der Waals surface area contributed by atoms with Crippen molar-refractivity contribution < 1.29 is 17.4 Å². The van der Waals surface area contributed by atoms with E-state index in [1.807, 2.05) is 6.07 Å². The van der Waals surface area contributed by atoms with Crippen molar-refractivity contribution in [1.82, 2.24) is 0 Å². The zero-order chi connectivity index (χ0) is 15.5. The van der Waals surface area contributed by atoms with Crippen LogP contribution < -0.4 is 4.18 Å². The Labute approximate surface area is 122 Å². The summed E-state index contributed by atoms with van der Waals surface area (Å²) in [5.74, 6) is -0.294. The molecule has 0 aromatic heterocycles. The first-order chi connectivity index (χ1) is 9.94. The van der Waals surface area contributed by atoms with Crippen molar-refractivity contribution in [2.45, 2.75) is 11.8 Å². The number of Topliss-reactive ketones (excluding diaryl/α,β-unsaturated/α-hetero) is 1. The summed E-state index contributed by atoms with van der Waals surface area (Å²) in [6, 6.07) is 13.4. The van der Waals surface area contributed by atoms with Crippen LogP contribution >= 0.6 is 0 Å². The number of benzene rings is 2. The van der Waals surface area contributed by atoms with Gasteiger partial charge >= 0.3 is 10.1 Å². The molecule has 0 radical (unpaired) electrons. The van der Waals surface area contributed by atoms with E-state index in [1.54, 1.807) is 12.1 Å². The molecule has 0 saturated heterocycles. The van der Waals surface area contributed by atoms with Crippen LogP contribution in [0.15, 0.2) is 53.4 Å². The molecular weight excluding hydrogens is 290 g/mol. The molecule has 0 aliphatic heterocycles. The number of para-hydroxylation sites is 1. The molecule has 21 heavy (non-hydrogen) atoms. The summed E-state index contributed by atoms with van der Waals surface area (Å²) in [5.41, 5.74) is 0.386. The van der Waals surface area contributed by atoms with Gasteiger partial charge in [-0.3, -0.25) is 4.79 Å². The highest BCUT2D eigenvalue weighted by molar-refractivity contribution is 7.87. The van der Waals surface area contributed by atoms with Gasteiger partial charge in [-0.25, -0.2) is 0 Å². The molecule has 2 aromatic carbocycles. The predicted octanol–water partition coefficient (Wildman–Crippen LogP) is 2.53. The van der Waals surface area contributed by atoms with Crippen molar-refractivity contribution in [3.8, 4) is 11.8 Å². The molecule has 0 aliphatic carbocycles. The fraction of sp³-hybridized carbons (Fsp3) is 0.0667. The monoisotopic (exact) mass is 301 g/mol. The fourth-order valence-corrected chi connectivity index (χ4v) is 2.66. The highest BCUT2D eigenvalue weighted by atomic mass is 32.2. The van der Waals surface area contributed by atoms with Crippen LogP contribution in [0, 0.1) is 11.3 Å². The molecule has 106 valence electrons. The van der Waals surface area contributed by atoms with Crippen LogP contribution in [0.25, 0.3) is 0 Å². The first-order valence-electron chi connectivity index (χ1n) is 5.98. The van der Waals surface area contributed by atoms with Gasteiger partial charge in [0.25, 0.3) is 0 Å². The van der Waals surface area contributed by atoms with E-state index in [9.17, 15) is 13.2 Å². The van der Waals surface area contributed by atoms with Gasteiger partial charge in [-0.05, 0) is 31.2 Å². The van der Waals surface area contributed by atoms with Gasteiger partial charge in [-0.1, -0.05) is 24.3 Å². The van der Waals surface area contributed by atoms with E-state index in [-0.39, 0.29) is 27.6 Å². The standard InChI is InChI=1S/C15H11NO4S/c1-11(17)12-6-4-7-14(9-12)21(18,19)20-15-8-3-2-5-13(15)10-16/h2-9H,1H3. The lowest BCUT2D eigenvalue weighted by Gasteiger charge is -2.08. The molecule has 6 heteroatoms. The fourth-order valence-electron chi connectivity index (χ4n) is 1.67. The van der Waals surface area contributed by atoms with Gasteiger partial charge in [0.2, 0.25) is 0 Å². The van der Waals surface area contributed by atoms with E-state index in [2.05, 4.69) is 0 Å². The minimum absolute atomic E-state index is 0.0479. The molecule has 0 aliphatic rings. The van der Waals surface area contributed by atoms with E-state index >= 15 is 0 Å². The summed E-state index contributed by atoms with van der Waals surface area (Å²) in [6.45, 7) is 1.34. The van der Waals surface area contributed by atoms with Crippen molar-refractivity contribution in [2.75, 3.05) is 0 Å². The number of hydrogen-bond donors (Lipinski definition) is 0. The van der Waals surface area contributed by atoms with E-state index in [4.69, 9.17) is 9.44 Å². The molecule has 0 amide bonds. The Morgan fingerprint density at radius 1 is 1.14 bits per heavy atom. The molecular formula is C15H11NO4S. The molecule has 0 atom stereocenters. The second-order valence-corrected chi connectivity index (χ2v) is 5.78. The van der Waals surface area contributed by atoms with Crippen LogP contribution in [0.1, 0.15) is 22.8 Å². The number of nitrogens with zero attached hydrogens (tertiary/aromatic N) is 1. The normalized spacial score (nSPS) is 10.7. The van der Waals surface area contributed by atoms with Gasteiger partial charge in [0.05, 0.1) is 5.56 Å². The second-order valence-electron chi connectivity index (χ2n) is 4.23. The Balaban J connectivity index is 2.42. The third-order valence-corrected chi connectivity index (χ3v) is 3.97. The zero-order valence-corrected chi connectivity index (χ0v) is 11.9. The topological polar surface area (TPSA) is 84.2 Å². The Morgan fingerprint density at radius 2 is 1.86 bits per heavy atom. The van der Waals surface area contributed by atoms with Gasteiger partial charge in [-0.2, -0.15) is 13.7 Å². The third kappa shape index (κ3) is 3.27. The van der Waals surface area contributed by atoms with Crippen molar-refractivity contribution in [3.63, 3.8) is 0 Å². The van der Waals surface area contributed by atoms with Gasteiger partial charge in [0.1, 0.15) is 11.0 Å². The maximum Gasteiger partial charge on any atom is 0.339 e. The first-order valence-corrected chi connectivity index (χ1v) is 7.39. The minimum atomic E-state index is -4.11. The predicted molar refractivity (Wildman–Crippen MR) is 75.4 cm³/mol. The summed E-state index contributed by atoms with van der Waals surface area (Å²) in [7, 11) is -4.11. The van der Waals surface area contributed by atoms with Gasteiger partial charge in [-0.15, -0.1) is 0 Å². The highest BCUT2D eigenvalue weighted by Crippen LogP contribution is 2.22.